The zero-order valence-corrected chi connectivity index (χ0v) is 15.6. The Bertz CT molecular complexity index is 908. The molecular formula is C19H21FN2O4S. The van der Waals surface area contributed by atoms with Crippen LogP contribution < -0.4 is 15.8 Å². The number of halogens is 1. The summed E-state index contributed by atoms with van der Waals surface area (Å²) in [5, 5.41) is 2.62. The molecule has 2 rings (SSSR count). The molecule has 0 spiro atoms. The van der Waals surface area contributed by atoms with Gasteiger partial charge in [0.2, 0.25) is 5.91 Å². The molecule has 0 radical (unpaired) electrons. The second-order valence-corrected chi connectivity index (χ2v) is 7.86. The molecule has 0 saturated carbocycles. The van der Waals surface area contributed by atoms with Crippen molar-refractivity contribution in [3.05, 3.63) is 66.0 Å². The van der Waals surface area contributed by atoms with Crippen molar-refractivity contribution < 1.29 is 22.3 Å². The zero-order valence-electron chi connectivity index (χ0n) is 14.8. The number of hydrogen-bond donors (Lipinski definition) is 2. The van der Waals surface area contributed by atoms with Crippen LogP contribution in [0.3, 0.4) is 0 Å². The van der Waals surface area contributed by atoms with Crippen LogP contribution in [0.1, 0.15) is 12.5 Å². The molecule has 0 aliphatic rings. The molecule has 8 heteroatoms. The molecule has 1 amide bonds. The number of benzene rings is 2. The molecule has 144 valence electrons. The van der Waals surface area contributed by atoms with Crippen molar-refractivity contribution >= 4 is 21.4 Å². The summed E-state index contributed by atoms with van der Waals surface area (Å²) in [7, 11) is -3.54. The van der Waals surface area contributed by atoms with Gasteiger partial charge < -0.3 is 15.8 Å². The van der Waals surface area contributed by atoms with Crippen molar-refractivity contribution in [3.63, 3.8) is 0 Å². The van der Waals surface area contributed by atoms with Gasteiger partial charge in [-0.2, -0.15) is 0 Å². The Balaban J connectivity index is 2.04. The molecule has 0 saturated heterocycles. The maximum absolute atomic E-state index is 12.5. The summed E-state index contributed by atoms with van der Waals surface area (Å²) in [6, 6.07) is 12.5. The van der Waals surface area contributed by atoms with Crippen molar-refractivity contribution in [2.24, 2.45) is 5.73 Å². The minimum absolute atomic E-state index is 0.000254. The van der Waals surface area contributed by atoms with Crippen LogP contribution in [0.2, 0.25) is 0 Å². The van der Waals surface area contributed by atoms with E-state index in [1.807, 2.05) is 0 Å². The van der Waals surface area contributed by atoms with E-state index in [9.17, 15) is 17.6 Å². The van der Waals surface area contributed by atoms with Crippen LogP contribution in [0.5, 0.6) is 5.75 Å². The van der Waals surface area contributed by atoms with Crippen LogP contribution in [0.4, 0.5) is 10.1 Å². The number of amides is 1. The first-order chi connectivity index (χ1) is 12.8. The third kappa shape index (κ3) is 6.19. The van der Waals surface area contributed by atoms with E-state index in [0.29, 0.717) is 28.9 Å². The van der Waals surface area contributed by atoms with Crippen LogP contribution >= 0.6 is 0 Å². The molecule has 0 aromatic heterocycles. The van der Waals surface area contributed by atoms with Crippen molar-refractivity contribution in [2.45, 2.75) is 17.6 Å². The standard InChI is InChI=1S/C19H21FN2O4S/c1-14(23)22-17-4-2-15(3-5-17)13-27(24,25)19-8-6-18(7-9-19)26-12-16(10-20)11-21/h2-10H,11-13,21H2,1H3,(H,22,23)/b16-10+. The Labute approximate surface area is 157 Å². The monoisotopic (exact) mass is 392 g/mol. The number of sulfone groups is 1. The molecule has 27 heavy (non-hydrogen) atoms. The molecular weight excluding hydrogens is 371 g/mol. The highest BCUT2D eigenvalue weighted by Crippen LogP contribution is 2.21. The largest absolute Gasteiger partial charge is 0.489 e. The second kappa shape index (κ2) is 9.29. The first-order valence-electron chi connectivity index (χ1n) is 8.14. The van der Waals surface area contributed by atoms with Gasteiger partial charge in [-0.25, -0.2) is 12.8 Å². The summed E-state index contributed by atoms with van der Waals surface area (Å²) in [6.45, 7) is 1.44. The van der Waals surface area contributed by atoms with E-state index in [2.05, 4.69) is 5.32 Å². The number of anilines is 1. The van der Waals surface area contributed by atoms with E-state index < -0.39 is 9.84 Å². The lowest BCUT2D eigenvalue weighted by atomic mass is 10.2. The van der Waals surface area contributed by atoms with E-state index in [4.69, 9.17) is 10.5 Å². The Hall–Kier alpha value is -2.71. The lowest BCUT2D eigenvalue weighted by molar-refractivity contribution is -0.114. The smallest absolute Gasteiger partial charge is 0.221 e. The highest BCUT2D eigenvalue weighted by Gasteiger charge is 2.15. The Morgan fingerprint density at radius 2 is 1.78 bits per heavy atom. The molecule has 2 aromatic carbocycles. The predicted molar refractivity (Wildman–Crippen MR) is 102 cm³/mol. The number of nitrogens with one attached hydrogen (secondary N) is 1. The average molecular weight is 392 g/mol. The topological polar surface area (TPSA) is 98.5 Å². The minimum atomic E-state index is -3.54. The number of rotatable bonds is 8. The van der Waals surface area contributed by atoms with Gasteiger partial charge in [-0.1, -0.05) is 12.1 Å². The lowest BCUT2D eigenvalue weighted by Crippen LogP contribution is -2.11. The van der Waals surface area contributed by atoms with E-state index in [1.54, 1.807) is 24.3 Å². The van der Waals surface area contributed by atoms with Crippen LogP contribution in [0.25, 0.3) is 0 Å². The van der Waals surface area contributed by atoms with Gasteiger partial charge in [0, 0.05) is 24.7 Å². The van der Waals surface area contributed by atoms with Gasteiger partial charge in [-0.15, -0.1) is 0 Å². The molecule has 0 aliphatic carbocycles. The quantitative estimate of drug-likeness (QED) is 0.720. The maximum atomic E-state index is 12.5. The molecule has 0 fully saturated rings. The molecule has 0 unspecified atom stereocenters. The number of carbonyl (C=O) groups excluding carboxylic acids is 1. The summed E-state index contributed by atoms with van der Waals surface area (Å²) in [6.07, 6.45) is 0.399. The Morgan fingerprint density at radius 1 is 1.15 bits per heavy atom. The van der Waals surface area contributed by atoms with E-state index in [0.717, 1.165) is 0 Å². The molecule has 6 nitrogen and oxygen atoms in total. The number of hydrogen-bond acceptors (Lipinski definition) is 5. The Morgan fingerprint density at radius 3 is 2.30 bits per heavy atom. The van der Waals surface area contributed by atoms with Gasteiger partial charge >= 0.3 is 0 Å². The fourth-order valence-corrected chi connectivity index (χ4v) is 3.59. The van der Waals surface area contributed by atoms with Gasteiger partial charge in [-0.05, 0) is 42.0 Å². The van der Waals surface area contributed by atoms with Crippen molar-refractivity contribution in [2.75, 3.05) is 18.5 Å². The van der Waals surface area contributed by atoms with Crippen LogP contribution in [-0.4, -0.2) is 27.5 Å². The first-order valence-corrected chi connectivity index (χ1v) is 9.79. The summed E-state index contributed by atoms with van der Waals surface area (Å²) < 4.78 is 42.9. The van der Waals surface area contributed by atoms with Crippen molar-refractivity contribution in [1.29, 1.82) is 0 Å². The van der Waals surface area contributed by atoms with Gasteiger partial charge in [0.1, 0.15) is 12.4 Å². The van der Waals surface area contributed by atoms with E-state index in [-0.39, 0.29) is 29.7 Å². The van der Waals surface area contributed by atoms with Crippen molar-refractivity contribution in [3.8, 4) is 5.75 Å². The van der Waals surface area contributed by atoms with Gasteiger partial charge in [-0.3, -0.25) is 4.79 Å². The van der Waals surface area contributed by atoms with Gasteiger partial charge in [0.25, 0.3) is 0 Å². The second-order valence-electron chi connectivity index (χ2n) is 5.87. The van der Waals surface area contributed by atoms with E-state index >= 15 is 0 Å². The van der Waals surface area contributed by atoms with Gasteiger partial charge in [0.05, 0.1) is 17.0 Å². The fraction of sp³-hybridized carbons (Fsp3) is 0.211. The molecule has 2 aromatic rings. The van der Waals surface area contributed by atoms with Crippen LogP contribution in [0.15, 0.2) is 65.3 Å². The molecule has 0 aliphatic heterocycles. The SMILES string of the molecule is CC(=O)Nc1ccc(CS(=O)(=O)c2ccc(OC/C(=C/F)CN)cc2)cc1. The molecule has 0 heterocycles. The Kier molecular flexibility index (Phi) is 7.09. The number of carbonyl (C=O) groups is 1. The summed E-state index contributed by atoms with van der Waals surface area (Å²) in [5.74, 6) is 0.0508. The number of nitrogens with two attached hydrogens (primary N) is 1. The highest BCUT2D eigenvalue weighted by atomic mass is 32.2. The lowest BCUT2D eigenvalue weighted by Gasteiger charge is -2.09. The predicted octanol–water partition coefficient (Wildman–Crippen LogP) is 2.81. The average Bonchev–Trinajstić information content (AvgIpc) is 2.64. The molecule has 0 bridgehead atoms. The highest BCUT2D eigenvalue weighted by molar-refractivity contribution is 7.90. The third-order valence-corrected chi connectivity index (χ3v) is 5.36. The number of ether oxygens (including phenoxy) is 1. The summed E-state index contributed by atoms with van der Waals surface area (Å²) >= 11 is 0. The fourth-order valence-electron chi connectivity index (χ4n) is 2.24. The van der Waals surface area contributed by atoms with E-state index in [1.165, 1.54) is 31.2 Å². The summed E-state index contributed by atoms with van der Waals surface area (Å²) in [4.78, 5) is 11.2. The zero-order chi connectivity index (χ0) is 19.9. The van der Waals surface area contributed by atoms with Gasteiger partial charge in [0.15, 0.2) is 9.84 Å². The minimum Gasteiger partial charge on any atom is -0.489 e. The van der Waals surface area contributed by atoms with Crippen LogP contribution in [0, 0.1) is 0 Å². The third-order valence-electron chi connectivity index (χ3n) is 3.65. The first kappa shape index (κ1) is 20.6. The summed E-state index contributed by atoms with van der Waals surface area (Å²) in [5.41, 5.74) is 6.85. The molecule has 0 atom stereocenters. The molecule has 3 N–H and O–H groups in total. The van der Waals surface area contributed by atoms with Crippen molar-refractivity contribution in [1.82, 2.24) is 0 Å². The normalized spacial score (nSPS) is 11.9. The van der Waals surface area contributed by atoms with Crippen LogP contribution in [-0.2, 0) is 20.4 Å². The maximum Gasteiger partial charge on any atom is 0.221 e.